The molecule has 0 aliphatic heterocycles. The molecule has 0 aromatic carbocycles. The van der Waals surface area contributed by atoms with Gasteiger partial charge in [0.1, 0.15) is 0 Å². The standard InChI is InChI=1S/C11H18N2O2/c1-11(2,8-14)7-13-9-4-5-10(15-3)12-6-9/h4-6,13-14H,7-8H2,1-3H3. The van der Waals surface area contributed by atoms with E-state index in [1.54, 1.807) is 19.4 Å². The number of nitrogens with one attached hydrogen (secondary N) is 1. The first-order chi connectivity index (χ1) is 7.07. The summed E-state index contributed by atoms with van der Waals surface area (Å²) in [6.07, 6.45) is 1.71. The summed E-state index contributed by atoms with van der Waals surface area (Å²) in [7, 11) is 1.59. The van der Waals surface area contributed by atoms with Crippen molar-refractivity contribution in [3.05, 3.63) is 18.3 Å². The summed E-state index contributed by atoms with van der Waals surface area (Å²) in [5, 5.41) is 12.3. The van der Waals surface area contributed by atoms with Crippen LogP contribution in [0.5, 0.6) is 5.88 Å². The average molecular weight is 210 g/mol. The van der Waals surface area contributed by atoms with E-state index in [1.165, 1.54) is 0 Å². The number of methoxy groups -OCH3 is 1. The Morgan fingerprint density at radius 3 is 2.67 bits per heavy atom. The topological polar surface area (TPSA) is 54.4 Å². The van der Waals surface area contributed by atoms with Gasteiger partial charge in [-0.2, -0.15) is 0 Å². The Morgan fingerprint density at radius 1 is 1.47 bits per heavy atom. The van der Waals surface area contributed by atoms with E-state index in [1.807, 2.05) is 19.9 Å². The Balaban J connectivity index is 2.51. The molecule has 0 unspecified atom stereocenters. The fourth-order valence-electron chi connectivity index (χ4n) is 1.00. The first-order valence-corrected chi connectivity index (χ1v) is 4.92. The molecule has 84 valence electrons. The lowest BCUT2D eigenvalue weighted by atomic mass is 9.95. The van der Waals surface area contributed by atoms with Crippen LogP contribution in [0.25, 0.3) is 0 Å². The number of aromatic nitrogens is 1. The van der Waals surface area contributed by atoms with Crippen LogP contribution in [0.2, 0.25) is 0 Å². The van der Waals surface area contributed by atoms with Crippen LogP contribution in [-0.4, -0.2) is 30.4 Å². The lowest BCUT2D eigenvalue weighted by Gasteiger charge is -2.22. The molecule has 0 bridgehead atoms. The van der Waals surface area contributed by atoms with E-state index in [-0.39, 0.29) is 12.0 Å². The molecule has 1 heterocycles. The SMILES string of the molecule is COc1ccc(NCC(C)(C)CO)cn1. The summed E-state index contributed by atoms with van der Waals surface area (Å²) in [5.41, 5.74) is 0.803. The average Bonchev–Trinajstić information content (AvgIpc) is 2.27. The highest BCUT2D eigenvalue weighted by atomic mass is 16.5. The summed E-state index contributed by atoms with van der Waals surface area (Å²) in [5.74, 6) is 0.599. The van der Waals surface area contributed by atoms with Gasteiger partial charge in [-0.3, -0.25) is 0 Å². The van der Waals surface area contributed by atoms with E-state index < -0.39 is 0 Å². The van der Waals surface area contributed by atoms with Crippen LogP contribution in [0.4, 0.5) is 5.69 Å². The third kappa shape index (κ3) is 3.75. The Bertz CT molecular complexity index is 296. The van der Waals surface area contributed by atoms with Crippen molar-refractivity contribution in [2.75, 3.05) is 25.6 Å². The second-order valence-corrected chi connectivity index (χ2v) is 4.27. The minimum Gasteiger partial charge on any atom is -0.481 e. The van der Waals surface area contributed by atoms with Gasteiger partial charge < -0.3 is 15.2 Å². The number of aliphatic hydroxyl groups excluding tert-OH is 1. The molecule has 1 aromatic heterocycles. The van der Waals surface area contributed by atoms with Gasteiger partial charge in [-0.15, -0.1) is 0 Å². The zero-order valence-electron chi connectivity index (χ0n) is 9.45. The monoisotopic (exact) mass is 210 g/mol. The van der Waals surface area contributed by atoms with E-state index in [0.717, 1.165) is 5.69 Å². The van der Waals surface area contributed by atoms with Gasteiger partial charge in [0.25, 0.3) is 0 Å². The van der Waals surface area contributed by atoms with Gasteiger partial charge in [-0.05, 0) is 6.07 Å². The number of pyridine rings is 1. The van der Waals surface area contributed by atoms with Crippen molar-refractivity contribution in [2.45, 2.75) is 13.8 Å². The molecular weight excluding hydrogens is 192 g/mol. The molecule has 2 N–H and O–H groups in total. The van der Waals surface area contributed by atoms with E-state index in [0.29, 0.717) is 12.4 Å². The van der Waals surface area contributed by atoms with Crippen molar-refractivity contribution in [2.24, 2.45) is 5.41 Å². The molecule has 0 radical (unpaired) electrons. The second-order valence-electron chi connectivity index (χ2n) is 4.27. The third-order valence-corrected chi connectivity index (χ3v) is 2.14. The molecular formula is C11H18N2O2. The Hall–Kier alpha value is -1.29. The highest BCUT2D eigenvalue weighted by molar-refractivity contribution is 5.42. The second kappa shape index (κ2) is 4.98. The fraction of sp³-hybridized carbons (Fsp3) is 0.545. The maximum Gasteiger partial charge on any atom is 0.213 e. The lowest BCUT2D eigenvalue weighted by Crippen LogP contribution is -2.26. The predicted molar refractivity (Wildman–Crippen MR) is 60.1 cm³/mol. The normalized spacial score (nSPS) is 11.2. The van der Waals surface area contributed by atoms with Crippen LogP contribution in [0.15, 0.2) is 18.3 Å². The third-order valence-electron chi connectivity index (χ3n) is 2.14. The summed E-state index contributed by atoms with van der Waals surface area (Å²) in [6, 6.07) is 3.70. The van der Waals surface area contributed by atoms with Gasteiger partial charge in [-0.1, -0.05) is 13.8 Å². The molecule has 1 aromatic rings. The van der Waals surface area contributed by atoms with Crippen LogP contribution in [0, 0.1) is 5.41 Å². The highest BCUT2D eigenvalue weighted by Gasteiger charge is 2.15. The van der Waals surface area contributed by atoms with Crippen LogP contribution < -0.4 is 10.1 Å². The minimum atomic E-state index is -0.125. The van der Waals surface area contributed by atoms with Gasteiger partial charge in [0.15, 0.2) is 0 Å². The summed E-state index contributed by atoms with van der Waals surface area (Å²) >= 11 is 0. The van der Waals surface area contributed by atoms with Crippen LogP contribution in [0.1, 0.15) is 13.8 Å². The Kier molecular flexibility index (Phi) is 3.91. The van der Waals surface area contributed by atoms with Gasteiger partial charge in [0, 0.05) is 24.6 Å². The molecule has 4 nitrogen and oxygen atoms in total. The molecule has 1 rings (SSSR count). The van der Waals surface area contributed by atoms with Crippen molar-refractivity contribution >= 4 is 5.69 Å². The molecule has 0 aliphatic rings. The zero-order chi connectivity index (χ0) is 11.3. The molecule has 0 spiro atoms. The number of aliphatic hydroxyl groups is 1. The largest absolute Gasteiger partial charge is 0.481 e. The molecule has 0 saturated carbocycles. The minimum absolute atomic E-state index is 0.125. The van der Waals surface area contributed by atoms with Gasteiger partial charge in [0.05, 0.1) is 19.0 Å². The van der Waals surface area contributed by atoms with Gasteiger partial charge in [0.2, 0.25) is 5.88 Å². The van der Waals surface area contributed by atoms with E-state index in [9.17, 15) is 0 Å². The Labute approximate surface area is 90.3 Å². The maximum absolute atomic E-state index is 9.08. The van der Waals surface area contributed by atoms with Crippen LogP contribution >= 0.6 is 0 Å². The van der Waals surface area contributed by atoms with E-state index in [4.69, 9.17) is 9.84 Å². The molecule has 0 amide bonds. The number of hydrogen-bond donors (Lipinski definition) is 2. The molecule has 4 heteroatoms. The van der Waals surface area contributed by atoms with Crippen LogP contribution in [-0.2, 0) is 0 Å². The van der Waals surface area contributed by atoms with Crippen molar-refractivity contribution < 1.29 is 9.84 Å². The number of ether oxygens (including phenoxy) is 1. The number of rotatable bonds is 5. The molecule has 15 heavy (non-hydrogen) atoms. The number of hydrogen-bond acceptors (Lipinski definition) is 4. The van der Waals surface area contributed by atoms with Crippen LogP contribution in [0.3, 0.4) is 0 Å². The van der Waals surface area contributed by atoms with Gasteiger partial charge in [-0.25, -0.2) is 4.98 Å². The van der Waals surface area contributed by atoms with Crippen molar-refractivity contribution in [1.82, 2.24) is 4.98 Å². The molecule has 0 atom stereocenters. The maximum atomic E-state index is 9.08. The molecule has 0 saturated heterocycles. The smallest absolute Gasteiger partial charge is 0.213 e. The summed E-state index contributed by atoms with van der Waals surface area (Å²) in [6.45, 7) is 4.86. The van der Waals surface area contributed by atoms with E-state index >= 15 is 0 Å². The highest BCUT2D eigenvalue weighted by Crippen LogP contribution is 2.16. The first-order valence-electron chi connectivity index (χ1n) is 4.92. The quantitative estimate of drug-likeness (QED) is 0.773. The van der Waals surface area contributed by atoms with Crippen molar-refractivity contribution in [3.63, 3.8) is 0 Å². The first kappa shape index (κ1) is 11.8. The van der Waals surface area contributed by atoms with Gasteiger partial charge >= 0.3 is 0 Å². The molecule has 0 aliphatic carbocycles. The number of anilines is 1. The molecule has 0 fully saturated rings. The number of nitrogens with zero attached hydrogens (tertiary/aromatic N) is 1. The van der Waals surface area contributed by atoms with E-state index in [2.05, 4.69) is 10.3 Å². The van der Waals surface area contributed by atoms with Crippen molar-refractivity contribution in [3.8, 4) is 5.88 Å². The summed E-state index contributed by atoms with van der Waals surface area (Å²) < 4.78 is 4.96. The zero-order valence-corrected chi connectivity index (χ0v) is 9.45. The Morgan fingerprint density at radius 2 is 2.20 bits per heavy atom. The predicted octanol–water partition coefficient (Wildman–Crippen LogP) is 1.52. The van der Waals surface area contributed by atoms with Crippen molar-refractivity contribution in [1.29, 1.82) is 0 Å². The lowest BCUT2D eigenvalue weighted by molar-refractivity contribution is 0.171. The summed E-state index contributed by atoms with van der Waals surface area (Å²) in [4.78, 5) is 4.08. The fourth-order valence-corrected chi connectivity index (χ4v) is 1.00.